The molecular formula is C11H15NO3. The van der Waals surface area contributed by atoms with Crippen LogP contribution in [0.2, 0.25) is 0 Å². The Morgan fingerprint density at radius 1 is 1.33 bits per heavy atom. The zero-order valence-electron chi connectivity index (χ0n) is 8.73. The molecule has 0 spiro atoms. The average Bonchev–Trinajstić information content (AvgIpc) is 2.22. The second-order valence-corrected chi connectivity index (χ2v) is 3.10. The Morgan fingerprint density at radius 2 is 2.00 bits per heavy atom. The molecule has 0 fully saturated rings. The fraction of sp³-hybridized carbons (Fsp3) is 0.364. The zero-order valence-corrected chi connectivity index (χ0v) is 8.73. The first-order valence-corrected chi connectivity index (χ1v) is 4.86. The van der Waals surface area contributed by atoms with Gasteiger partial charge in [0.05, 0.1) is 0 Å². The number of nitrogens with two attached hydrogens (primary N) is 1. The van der Waals surface area contributed by atoms with Crippen LogP contribution in [0, 0.1) is 0 Å². The number of nitrogen functional groups attached to an aromatic ring is 1. The molecule has 0 bridgehead atoms. The monoisotopic (exact) mass is 209 g/mol. The van der Waals surface area contributed by atoms with Crippen molar-refractivity contribution in [1.29, 1.82) is 0 Å². The van der Waals surface area contributed by atoms with Crippen molar-refractivity contribution in [2.75, 3.05) is 18.9 Å². The highest BCUT2D eigenvalue weighted by Gasteiger charge is 2.03. The van der Waals surface area contributed by atoms with Gasteiger partial charge >= 0.3 is 5.97 Å². The van der Waals surface area contributed by atoms with Crippen LogP contribution < -0.4 is 10.5 Å². The summed E-state index contributed by atoms with van der Waals surface area (Å²) in [6, 6.07) is 6.64. The van der Waals surface area contributed by atoms with E-state index in [2.05, 4.69) is 0 Å². The molecule has 0 radical (unpaired) electrons. The number of carbonyl (C=O) groups excluding carboxylic acids is 1. The van der Waals surface area contributed by atoms with Gasteiger partial charge in [0.25, 0.3) is 0 Å². The van der Waals surface area contributed by atoms with E-state index in [1.54, 1.807) is 24.3 Å². The van der Waals surface area contributed by atoms with Gasteiger partial charge in [-0.05, 0) is 30.7 Å². The van der Waals surface area contributed by atoms with E-state index in [0.717, 1.165) is 6.42 Å². The predicted molar refractivity (Wildman–Crippen MR) is 57.6 cm³/mol. The molecule has 0 aliphatic rings. The van der Waals surface area contributed by atoms with Gasteiger partial charge in [0.1, 0.15) is 12.4 Å². The van der Waals surface area contributed by atoms with Crippen molar-refractivity contribution in [3.63, 3.8) is 0 Å². The first kappa shape index (κ1) is 11.5. The van der Waals surface area contributed by atoms with Gasteiger partial charge in [-0.2, -0.15) is 0 Å². The van der Waals surface area contributed by atoms with Crippen molar-refractivity contribution in [2.45, 2.75) is 13.3 Å². The zero-order chi connectivity index (χ0) is 11.1. The molecule has 2 N–H and O–H groups in total. The SMILES string of the molecule is CCCOCC(=O)Oc1ccc(N)cc1. The second-order valence-electron chi connectivity index (χ2n) is 3.10. The van der Waals surface area contributed by atoms with Gasteiger partial charge in [0.15, 0.2) is 0 Å². The lowest BCUT2D eigenvalue weighted by Crippen LogP contribution is -2.15. The highest BCUT2D eigenvalue weighted by atomic mass is 16.6. The summed E-state index contributed by atoms with van der Waals surface area (Å²) in [6.07, 6.45) is 0.884. The molecular weight excluding hydrogens is 194 g/mol. The van der Waals surface area contributed by atoms with Crippen LogP contribution in [-0.4, -0.2) is 19.2 Å². The van der Waals surface area contributed by atoms with Gasteiger partial charge in [0, 0.05) is 12.3 Å². The molecule has 0 amide bonds. The summed E-state index contributed by atoms with van der Waals surface area (Å²) in [7, 11) is 0. The summed E-state index contributed by atoms with van der Waals surface area (Å²) < 4.78 is 10.0. The molecule has 0 aliphatic heterocycles. The molecule has 0 aliphatic carbocycles. The van der Waals surface area contributed by atoms with Gasteiger partial charge in [0.2, 0.25) is 0 Å². The molecule has 4 heteroatoms. The molecule has 0 saturated carbocycles. The largest absolute Gasteiger partial charge is 0.425 e. The van der Waals surface area contributed by atoms with Crippen molar-refractivity contribution in [1.82, 2.24) is 0 Å². The lowest BCUT2D eigenvalue weighted by Gasteiger charge is -2.04. The summed E-state index contributed by atoms with van der Waals surface area (Å²) >= 11 is 0. The van der Waals surface area contributed by atoms with Gasteiger partial charge in [-0.25, -0.2) is 4.79 Å². The molecule has 0 unspecified atom stereocenters. The van der Waals surface area contributed by atoms with E-state index in [4.69, 9.17) is 15.2 Å². The maximum Gasteiger partial charge on any atom is 0.337 e. The molecule has 1 rings (SSSR count). The summed E-state index contributed by atoms with van der Waals surface area (Å²) in [6.45, 7) is 2.53. The fourth-order valence-electron chi connectivity index (χ4n) is 0.997. The Hall–Kier alpha value is -1.55. The minimum atomic E-state index is -0.395. The maximum absolute atomic E-state index is 11.2. The summed E-state index contributed by atoms with van der Waals surface area (Å²) in [5.74, 6) is 0.0857. The number of rotatable bonds is 5. The lowest BCUT2D eigenvalue weighted by atomic mass is 10.3. The van der Waals surface area contributed by atoms with E-state index in [9.17, 15) is 4.79 Å². The molecule has 1 aromatic rings. The van der Waals surface area contributed by atoms with E-state index in [1.807, 2.05) is 6.92 Å². The van der Waals surface area contributed by atoms with Crippen LogP contribution in [0.4, 0.5) is 5.69 Å². The third kappa shape index (κ3) is 4.46. The summed E-state index contributed by atoms with van der Waals surface area (Å²) in [5, 5.41) is 0. The van der Waals surface area contributed by atoms with E-state index < -0.39 is 5.97 Å². The number of hydrogen-bond donors (Lipinski definition) is 1. The fourth-order valence-corrected chi connectivity index (χ4v) is 0.997. The smallest absolute Gasteiger partial charge is 0.337 e. The molecule has 1 aromatic carbocycles. The normalized spacial score (nSPS) is 9.93. The van der Waals surface area contributed by atoms with Crippen LogP contribution in [0.25, 0.3) is 0 Å². The topological polar surface area (TPSA) is 61.5 Å². The Kier molecular flexibility index (Phi) is 4.63. The number of carbonyl (C=O) groups is 1. The molecule has 82 valence electrons. The van der Waals surface area contributed by atoms with Crippen LogP contribution in [0.1, 0.15) is 13.3 Å². The van der Waals surface area contributed by atoms with Crippen molar-refractivity contribution in [3.8, 4) is 5.75 Å². The van der Waals surface area contributed by atoms with Gasteiger partial charge in [-0.15, -0.1) is 0 Å². The van der Waals surface area contributed by atoms with Crippen LogP contribution in [0.15, 0.2) is 24.3 Å². The van der Waals surface area contributed by atoms with E-state index in [-0.39, 0.29) is 6.61 Å². The first-order valence-electron chi connectivity index (χ1n) is 4.86. The van der Waals surface area contributed by atoms with E-state index in [0.29, 0.717) is 18.0 Å². The number of anilines is 1. The van der Waals surface area contributed by atoms with Crippen LogP contribution in [0.5, 0.6) is 5.75 Å². The number of hydrogen-bond acceptors (Lipinski definition) is 4. The Bertz CT molecular complexity index is 308. The molecule has 0 saturated heterocycles. The minimum Gasteiger partial charge on any atom is -0.425 e. The average molecular weight is 209 g/mol. The third-order valence-corrected chi connectivity index (χ3v) is 1.68. The molecule has 0 atom stereocenters. The predicted octanol–water partition coefficient (Wildman–Crippen LogP) is 1.60. The highest BCUT2D eigenvalue weighted by molar-refractivity contribution is 5.73. The number of benzene rings is 1. The van der Waals surface area contributed by atoms with Crippen molar-refractivity contribution in [2.24, 2.45) is 0 Å². The van der Waals surface area contributed by atoms with Crippen molar-refractivity contribution >= 4 is 11.7 Å². The number of esters is 1. The molecule has 0 heterocycles. The second kappa shape index (κ2) is 6.03. The van der Waals surface area contributed by atoms with Crippen LogP contribution >= 0.6 is 0 Å². The van der Waals surface area contributed by atoms with E-state index in [1.165, 1.54) is 0 Å². The van der Waals surface area contributed by atoms with E-state index >= 15 is 0 Å². The Morgan fingerprint density at radius 3 is 2.60 bits per heavy atom. The lowest BCUT2D eigenvalue weighted by molar-refractivity contribution is -0.139. The van der Waals surface area contributed by atoms with Crippen molar-refractivity contribution < 1.29 is 14.3 Å². The maximum atomic E-state index is 11.2. The Labute approximate surface area is 89.0 Å². The minimum absolute atomic E-state index is 0.0157. The quantitative estimate of drug-likeness (QED) is 0.346. The summed E-state index contributed by atoms with van der Waals surface area (Å²) in [5.41, 5.74) is 6.13. The van der Waals surface area contributed by atoms with Crippen molar-refractivity contribution in [3.05, 3.63) is 24.3 Å². The van der Waals surface area contributed by atoms with Gasteiger partial charge in [-0.3, -0.25) is 0 Å². The molecule has 15 heavy (non-hydrogen) atoms. The first-order chi connectivity index (χ1) is 7.22. The molecule has 0 aromatic heterocycles. The van der Waals surface area contributed by atoms with Crippen LogP contribution in [0.3, 0.4) is 0 Å². The molecule has 4 nitrogen and oxygen atoms in total. The standard InChI is InChI=1S/C11H15NO3/c1-2-7-14-8-11(13)15-10-5-3-9(12)4-6-10/h3-6H,2,7-8,12H2,1H3. The number of ether oxygens (including phenoxy) is 2. The van der Waals surface area contributed by atoms with Gasteiger partial charge < -0.3 is 15.2 Å². The Balaban J connectivity index is 2.34. The highest BCUT2D eigenvalue weighted by Crippen LogP contribution is 2.13. The van der Waals surface area contributed by atoms with Crippen LogP contribution in [-0.2, 0) is 9.53 Å². The third-order valence-electron chi connectivity index (χ3n) is 1.68. The summed E-state index contributed by atoms with van der Waals surface area (Å²) in [4.78, 5) is 11.2. The van der Waals surface area contributed by atoms with Gasteiger partial charge in [-0.1, -0.05) is 6.92 Å².